The molecule has 6 nitrogen and oxygen atoms in total. The van der Waals surface area contributed by atoms with Gasteiger partial charge in [0.05, 0.1) is 28.0 Å². The molecule has 5 aromatic rings. The lowest BCUT2D eigenvalue weighted by Crippen LogP contribution is -2.10. The second-order valence-corrected chi connectivity index (χ2v) is 6.49. The first-order chi connectivity index (χ1) is 13.6. The Kier molecular flexibility index (Phi) is 3.52. The summed E-state index contributed by atoms with van der Waals surface area (Å²) in [6.07, 6.45) is 0. The molecule has 0 bridgehead atoms. The van der Waals surface area contributed by atoms with Gasteiger partial charge >= 0.3 is 11.3 Å². The van der Waals surface area contributed by atoms with Crippen LogP contribution in [0.3, 0.4) is 0 Å². The fourth-order valence-corrected chi connectivity index (χ4v) is 3.36. The van der Waals surface area contributed by atoms with E-state index in [4.69, 9.17) is 8.83 Å². The lowest BCUT2D eigenvalue weighted by atomic mass is 10.1. The van der Waals surface area contributed by atoms with Gasteiger partial charge in [0, 0.05) is 0 Å². The van der Waals surface area contributed by atoms with Crippen LogP contribution in [0.1, 0.15) is 5.69 Å². The van der Waals surface area contributed by atoms with E-state index >= 15 is 0 Å². The summed E-state index contributed by atoms with van der Waals surface area (Å²) in [5.74, 6) is 0. The van der Waals surface area contributed by atoms with Crippen molar-refractivity contribution in [2.45, 2.75) is 6.92 Å². The van der Waals surface area contributed by atoms with Gasteiger partial charge in [-0.1, -0.05) is 30.3 Å². The average molecular weight is 370 g/mol. The molecule has 3 heterocycles. The van der Waals surface area contributed by atoms with Crippen molar-refractivity contribution < 1.29 is 8.83 Å². The van der Waals surface area contributed by atoms with Crippen molar-refractivity contribution >= 4 is 21.9 Å². The van der Waals surface area contributed by atoms with E-state index in [2.05, 4.69) is 5.10 Å². The van der Waals surface area contributed by atoms with Gasteiger partial charge < -0.3 is 8.83 Å². The minimum absolute atomic E-state index is 0.215. The van der Waals surface area contributed by atoms with Crippen molar-refractivity contribution in [3.05, 3.63) is 93.3 Å². The Hall–Kier alpha value is -3.93. The quantitative estimate of drug-likeness (QED) is 0.346. The molecule has 0 saturated carbocycles. The first-order valence-electron chi connectivity index (χ1n) is 8.74. The Morgan fingerprint density at radius 2 is 1.57 bits per heavy atom. The van der Waals surface area contributed by atoms with Crippen LogP contribution >= 0.6 is 0 Å². The number of rotatable bonds is 2. The Bertz CT molecular complexity index is 1460. The largest absolute Gasteiger partial charge is 0.422 e. The van der Waals surface area contributed by atoms with Crippen LogP contribution in [-0.2, 0) is 0 Å². The van der Waals surface area contributed by atoms with Gasteiger partial charge in [-0.15, -0.1) is 0 Å². The Balaban J connectivity index is 1.84. The third-order valence-corrected chi connectivity index (χ3v) is 4.61. The Morgan fingerprint density at radius 3 is 2.39 bits per heavy atom. The van der Waals surface area contributed by atoms with Gasteiger partial charge in [0.15, 0.2) is 5.58 Å². The molecule has 28 heavy (non-hydrogen) atoms. The summed E-state index contributed by atoms with van der Waals surface area (Å²) in [6.45, 7) is 1.84. The van der Waals surface area contributed by atoms with E-state index in [1.54, 1.807) is 35.0 Å². The molecule has 0 aliphatic heterocycles. The maximum absolute atomic E-state index is 12.8. The molecule has 0 unspecified atom stereocenters. The van der Waals surface area contributed by atoms with Gasteiger partial charge in [-0.05, 0) is 43.3 Å². The van der Waals surface area contributed by atoms with Gasteiger partial charge in [0.2, 0.25) is 0 Å². The third kappa shape index (κ3) is 2.46. The van der Waals surface area contributed by atoms with Crippen molar-refractivity contribution in [3.63, 3.8) is 0 Å². The van der Waals surface area contributed by atoms with Gasteiger partial charge in [0.25, 0.3) is 0 Å². The predicted molar refractivity (Wildman–Crippen MR) is 106 cm³/mol. The number of hydrogen-bond acceptors (Lipinski definition) is 5. The third-order valence-electron chi connectivity index (χ3n) is 4.61. The molecule has 5 rings (SSSR count). The fourth-order valence-electron chi connectivity index (χ4n) is 3.36. The molecule has 0 N–H and O–H groups in total. The first kappa shape index (κ1) is 16.3. The Labute approximate surface area is 158 Å². The molecular formula is C22H14N2O4. The van der Waals surface area contributed by atoms with Crippen LogP contribution in [0, 0.1) is 6.92 Å². The predicted octanol–water partition coefficient (Wildman–Crippen LogP) is 4.06. The summed E-state index contributed by atoms with van der Waals surface area (Å²) in [5, 5.41) is 5.28. The number of para-hydroxylation sites is 2. The lowest BCUT2D eigenvalue weighted by Gasteiger charge is -2.07. The number of fused-ring (bicyclic) bond motifs is 3. The monoisotopic (exact) mass is 370 g/mol. The molecule has 0 amide bonds. The van der Waals surface area contributed by atoms with E-state index < -0.39 is 11.3 Å². The maximum atomic E-state index is 12.8. The molecule has 0 radical (unpaired) electrons. The highest BCUT2D eigenvalue weighted by Crippen LogP contribution is 2.26. The van der Waals surface area contributed by atoms with Crippen LogP contribution in [-0.4, -0.2) is 9.78 Å². The summed E-state index contributed by atoms with van der Waals surface area (Å²) in [5.41, 5.74) is 1.84. The summed E-state index contributed by atoms with van der Waals surface area (Å²) >= 11 is 0. The van der Waals surface area contributed by atoms with Gasteiger partial charge in [-0.2, -0.15) is 5.10 Å². The summed E-state index contributed by atoms with van der Waals surface area (Å²) in [4.78, 5) is 25.3. The standard InChI is InChI=1S/C22H14N2O4/c1-13-11-18(24(23-13)14-7-3-2-4-8-14)16-12-17-20(28-21(16)25)15-9-5-6-10-19(15)27-22(17)26/h2-12H,1H3. The van der Waals surface area contributed by atoms with Crippen LogP contribution in [0.15, 0.2) is 85.2 Å². The fraction of sp³-hybridized carbons (Fsp3) is 0.0455. The molecule has 3 aromatic heterocycles. The molecule has 0 fully saturated rings. The minimum atomic E-state index is -0.554. The number of benzene rings is 2. The van der Waals surface area contributed by atoms with Gasteiger partial charge in [-0.3, -0.25) is 0 Å². The molecule has 2 aromatic carbocycles. The topological polar surface area (TPSA) is 78.2 Å². The molecule has 136 valence electrons. The van der Waals surface area contributed by atoms with E-state index in [1.807, 2.05) is 37.3 Å². The van der Waals surface area contributed by atoms with E-state index in [0.29, 0.717) is 16.7 Å². The zero-order chi connectivity index (χ0) is 19.3. The van der Waals surface area contributed by atoms with Gasteiger partial charge in [-0.25, -0.2) is 14.3 Å². The van der Waals surface area contributed by atoms with E-state index in [1.165, 1.54) is 6.07 Å². The number of aromatic nitrogens is 2. The molecule has 0 atom stereocenters. The van der Waals surface area contributed by atoms with Crippen molar-refractivity contribution in [3.8, 4) is 16.9 Å². The number of hydrogen-bond donors (Lipinski definition) is 0. The van der Waals surface area contributed by atoms with Crippen molar-refractivity contribution in [2.24, 2.45) is 0 Å². The van der Waals surface area contributed by atoms with E-state index in [9.17, 15) is 9.59 Å². The molecule has 0 saturated heterocycles. The zero-order valence-electron chi connectivity index (χ0n) is 14.9. The van der Waals surface area contributed by atoms with Crippen molar-refractivity contribution in [1.29, 1.82) is 0 Å². The second-order valence-electron chi connectivity index (χ2n) is 6.49. The van der Waals surface area contributed by atoms with E-state index in [0.717, 1.165) is 11.4 Å². The minimum Gasteiger partial charge on any atom is -0.422 e. The highest BCUT2D eigenvalue weighted by atomic mass is 16.4. The zero-order valence-corrected chi connectivity index (χ0v) is 14.9. The van der Waals surface area contributed by atoms with Crippen LogP contribution in [0.5, 0.6) is 0 Å². The van der Waals surface area contributed by atoms with Crippen LogP contribution in [0.25, 0.3) is 38.9 Å². The van der Waals surface area contributed by atoms with Crippen LogP contribution in [0.4, 0.5) is 0 Å². The van der Waals surface area contributed by atoms with Crippen LogP contribution in [0.2, 0.25) is 0 Å². The highest BCUT2D eigenvalue weighted by molar-refractivity contribution is 6.01. The maximum Gasteiger partial charge on any atom is 0.347 e. The molecule has 0 aliphatic rings. The smallest absolute Gasteiger partial charge is 0.347 e. The number of aryl methyl sites for hydroxylation is 1. The first-order valence-corrected chi connectivity index (χ1v) is 8.74. The van der Waals surface area contributed by atoms with Crippen LogP contribution < -0.4 is 11.3 Å². The number of nitrogens with zero attached hydrogens (tertiary/aromatic N) is 2. The highest BCUT2D eigenvalue weighted by Gasteiger charge is 2.18. The SMILES string of the molecule is Cc1cc(-c2cc3c(=O)oc4ccccc4c3oc2=O)n(-c2ccccc2)n1. The summed E-state index contributed by atoms with van der Waals surface area (Å²) in [6, 6.07) is 19.7. The summed E-state index contributed by atoms with van der Waals surface area (Å²) in [7, 11) is 0. The van der Waals surface area contributed by atoms with Crippen molar-refractivity contribution in [1.82, 2.24) is 9.78 Å². The lowest BCUT2D eigenvalue weighted by molar-refractivity contribution is 0.544. The Morgan fingerprint density at radius 1 is 0.821 bits per heavy atom. The molecule has 6 heteroatoms. The second kappa shape index (κ2) is 6.06. The average Bonchev–Trinajstić information content (AvgIpc) is 3.10. The molecule has 0 spiro atoms. The van der Waals surface area contributed by atoms with Crippen molar-refractivity contribution in [2.75, 3.05) is 0 Å². The van der Waals surface area contributed by atoms with Gasteiger partial charge in [0.1, 0.15) is 11.0 Å². The summed E-state index contributed by atoms with van der Waals surface area (Å²) < 4.78 is 12.6. The van der Waals surface area contributed by atoms with E-state index in [-0.39, 0.29) is 16.5 Å². The molecular weight excluding hydrogens is 356 g/mol. The normalized spacial score (nSPS) is 11.3. The molecule has 0 aliphatic carbocycles.